The highest BCUT2D eigenvalue weighted by atomic mass is 32.1. The number of hydrogen-bond acceptors (Lipinski definition) is 10. The van der Waals surface area contributed by atoms with Gasteiger partial charge in [-0.3, -0.25) is 5.32 Å². The number of nitrogens with zero attached hydrogens (tertiary/aromatic N) is 4. The van der Waals surface area contributed by atoms with Crippen LogP contribution >= 0.6 is 11.3 Å². The number of morpholine rings is 1. The van der Waals surface area contributed by atoms with Gasteiger partial charge in [0.2, 0.25) is 5.88 Å². The normalized spacial score (nSPS) is 25.2. The molecule has 3 aliphatic rings. The summed E-state index contributed by atoms with van der Waals surface area (Å²) in [6.45, 7) is 1.02. The Morgan fingerprint density at radius 2 is 2.08 bits per heavy atom. The van der Waals surface area contributed by atoms with Crippen LogP contribution in [0.5, 0.6) is 5.88 Å². The molecule has 0 aromatic carbocycles. The van der Waals surface area contributed by atoms with Gasteiger partial charge in [0, 0.05) is 18.5 Å². The first-order chi connectivity index (χ1) is 17.6. The average Bonchev–Trinajstić information content (AvgIpc) is 3.52. The molecule has 3 aromatic heterocycles. The van der Waals surface area contributed by atoms with Gasteiger partial charge in [-0.05, 0) is 31.7 Å². The van der Waals surface area contributed by atoms with E-state index in [4.69, 9.17) is 18.9 Å². The van der Waals surface area contributed by atoms with Gasteiger partial charge in [-0.25, -0.2) is 19.7 Å². The van der Waals surface area contributed by atoms with E-state index in [0.717, 1.165) is 23.4 Å². The summed E-state index contributed by atoms with van der Waals surface area (Å²) in [6.07, 6.45) is 5.08. The van der Waals surface area contributed by atoms with Crippen LogP contribution in [0.3, 0.4) is 0 Å². The number of urea groups is 1. The van der Waals surface area contributed by atoms with Crippen molar-refractivity contribution in [3.63, 3.8) is 0 Å². The van der Waals surface area contributed by atoms with Crippen LogP contribution in [0, 0.1) is 0 Å². The molecule has 0 spiro atoms. The fourth-order valence-electron chi connectivity index (χ4n) is 5.13. The molecule has 6 rings (SSSR count). The van der Waals surface area contributed by atoms with Gasteiger partial charge in [0.05, 0.1) is 55.3 Å². The van der Waals surface area contributed by atoms with Gasteiger partial charge in [0.25, 0.3) is 6.01 Å². The Balaban J connectivity index is 1.19. The van der Waals surface area contributed by atoms with Crippen molar-refractivity contribution in [3.05, 3.63) is 35.0 Å². The second-order valence-corrected chi connectivity index (χ2v) is 10.4. The van der Waals surface area contributed by atoms with Crippen molar-refractivity contribution >= 4 is 28.5 Å². The molecule has 2 atom stereocenters. The van der Waals surface area contributed by atoms with Gasteiger partial charge in [-0.15, -0.1) is 0 Å². The molecule has 11 nitrogen and oxygen atoms in total. The standard InChI is InChI=1S/C24H28N6O5S/c1-33-20-4-2-3-16(27-20)19-10-25-24(35-19)30-14-9-17-21(18(30)12-34-11-14)36-23(28-17)29-22(32)26-13-5-7-15(31)8-6-13/h2-4,10,13-15,18,31H,5-9,11-12H2,1H3,(H2,26,28,29,32)/t13-,14-,15-,18-/m0/s1. The minimum Gasteiger partial charge on any atom is -0.481 e. The molecule has 190 valence electrons. The highest BCUT2D eigenvalue weighted by Crippen LogP contribution is 2.43. The number of fused-ring (bicyclic) bond motifs is 4. The third-order valence-corrected chi connectivity index (χ3v) is 8.04. The predicted molar refractivity (Wildman–Crippen MR) is 132 cm³/mol. The fraction of sp³-hybridized carbons (Fsp3) is 0.500. The number of aliphatic hydroxyl groups excluding tert-OH is 1. The number of thiazole rings is 1. The zero-order valence-electron chi connectivity index (χ0n) is 19.8. The van der Waals surface area contributed by atoms with Crippen LogP contribution in [0.25, 0.3) is 11.5 Å². The lowest BCUT2D eigenvalue weighted by Crippen LogP contribution is -2.51. The molecule has 5 heterocycles. The van der Waals surface area contributed by atoms with Gasteiger partial charge in [0.15, 0.2) is 10.9 Å². The molecule has 1 saturated heterocycles. The lowest BCUT2D eigenvalue weighted by atomic mass is 9.93. The van der Waals surface area contributed by atoms with E-state index in [0.29, 0.717) is 61.0 Å². The highest BCUT2D eigenvalue weighted by molar-refractivity contribution is 7.16. The number of rotatable bonds is 5. The quantitative estimate of drug-likeness (QED) is 0.471. The van der Waals surface area contributed by atoms with Crippen LogP contribution < -0.4 is 20.3 Å². The molecular weight excluding hydrogens is 484 g/mol. The van der Waals surface area contributed by atoms with E-state index in [2.05, 4.69) is 25.5 Å². The lowest BCUT2D eigenvalue weighted by Gasteiger charge is -2.43. The Labute approximate surface area is 211 Å². The van der Waals surface area contributed by atoms with Gasteiger partial charge < -0.3 is 29.2 Å². The van der Waals surface area contributed by atoms with E-state index < -0.39 is 0 Å². The maximum Gasteiger partial charge on any atom is 0.321 e. The summed E-state index contributed by atoms with van der Waals surface area (Å²) in [5.74, 6) is 1.07. The number of ether oxygens (including phenoxy) is 2. The van der Waals surface area contributed by atoms with E-state index in [1.165, 1.54) is 11.3 Å². The van der Waals surface area contributed by atoms with Gasteiger partial charge in [-0.1, -0.05) is 17.4 Å². The summed E-state index contributed by atoms with van der Waals surface area (Å²) in [4.78, 5) is 29.5. The Morgan fingerprint density at radius 1 is 1.22 bits per heavy atom. The van der Waals surface area contributed by atoms with Crippen LogP contribution in [-0.2, 0) is 11.2 Å². The van der Waals surface area contributed by atoms with Crippen LogP contribution in [0.4, 0.5) is 15.9 Å². The van der Waals surface area contributed by atoms with Crippen LogP contribution in [-0.4, -0.2) is 64.6 Å². The summed E-state index contributed by atoms with van der Waals surface area (Å²) < 4.78 is 17.3. The number of amides is 2. The number of aromatic nitrogens is 3. The number of pyridine rings is 1. The van der Waals surface area contributed by atoms with Crippen molar-refractivity contribution in [1.82, 2.24) is 20.3 Å². The maximum absolute atomic E-state index is 12.6. The second-order valence-electron chi connectivity index (χ2n) is 9.32. The topological polar surface area (TPSA) is 135 Å². The van der Waals surface area contributed by atoms with Crippen molar-refractivity contribution in [2.24, 2.45) is 0 Å². The number of carbonyl (C=O) groups excluding carboxylic acids is 1. The summed E-state index contributed by atoms with van der Waals surface area (Å²) >= 11 is 1.46. The van der Waals surface area contributed by atoms with Crippen LogP contribution in [0.1, 0.15) is 42.3 Å². The van der Waals surface area contributed by atoms with E-state index in [-0.39, 0.29) is 30.3 Å². The molecule has 3 aromatic rings. The van der Waals surface area contributed by atoms with Crippen molar-refractivity contribution in [1.29, 1.82) is 0 Å². The van der Waals surface area contributed by atoms with Gasteiger partial charge in [-0.2, -0.15) is 0 Å². The second kappa shape index (κ2) is 9.68. The Morgan fingerprint density at radius 3 is 2.92 bits per heavy atom. The first kappa shape index (κ1) is 23.2. The molecule has 1 aliphatic carbocycles. The first-order valence-electron chi connectivity index (χ1n) is 12.2. The molecule has 2 aliphatic heterocycles. The Kier molecular flexibility index (Phi) is 6.23. The van der Waals surface area contributed by atoms with E-state index in [1.807, 2.05) is 12.1 Å². The molecule has 1 saturated carbocycles. The van der Waals surface area contributed by atoms with Crippen molar-refractivity contribution in [3.8, 4) is 17.3 Å². The number of hydrogen-bond donors (Lipinski definition) is 3. The minimum atomic E-state index is -0.262. The number of anilines is 2. The third-order valence-electron chi connectivity index (χ3n) is 6.93. The molecule has 2 bridgehead atoms. The molecule has 0 unspecified atom stereocenters. The van der Waals surface area contributed by atoms with E-state index >= 15 is 0 Å². The SMILES string of the molecule is COc1cccc(-c2cnc(N3[C@@H]4COC[C@H]3c3sc(NC(=O)N[C@H]5CC[C@H](O)CC5)nc3C4)o2)n1. The average molecular weight is 513 g/mol. The molecule has 3 N–H and O–H groups in total. The number of aliphatic hydroxyl groups is 1. The molecule has 2 fully saturated rings. The molecule has 36 heavy (non-hydrogen) atoms. The summed E-state index contributed by atoms with van der Waals surface area (Å²) in [5.41, 5.74) is 1.63. The molecular formula is C24H28N6O5S. The molecule has 0 radical (unpaired) electrons. The Hall–Kier alpha value is -3.22. The summed E-state index contributed by atoms with van der Waals surface area (Å²) in [7, 11) is 1.58. The zero-order chi connectivity index (χ0) is 24.6. The summed E-state index contributed by atoms with van der Waals surface area (Å²) in [5, 5.41) is 16.2. The first-order valence-corrected chi connectivity index (χ1v) is 13.0. The Bertz CT molecular complexity index is 1240. The maximum atomic E-state index is 12.6. The van der Waals surface area contributed by atoms with E-state index in [1.54, 1.807) is 19.4 Å². The lowest BCUT2D eigenvalue weighted by molar-refractivity contribution is 0.0578. The fourth-order valence-corrected chi connectivity index (χ4v) is 6.21. The zero-order valence-corrected chi connectivity index (χ0v) is 20.7. The smallest absolute Gasteiger partial charge is 0.321 e. The summed E-state index contributed by atoms with van der Waals surface area (Å²) in [6, 6.07) is 5.74. The van der Waals surface area contributed by atoms with Crippen molar-refractivity contribution in [2.45, 2.75) is 56.3 Å². The number of methoxy groups -OCH3 is 1. The molecule has 2 amide bonds. The van der Waals surface area contributed by atoms with Gasteiger partial charge >= 0.3 is 6.03 Å². The largest absolute Gasteiger partial charge is 0.481 e. The third kappa shape index (κ3) is 4.51. The van der Waals surface area contributed by atoms with Crippen LogP contribution in [0.15, 0.2) is 28.8 Å². The van der Waals surface area contributed by atoms with Gasteiger partial charge in [0.1, 0.15) is 5.69 Å². The van der Waals surface area contributed by atoms with Crippen molar-refractivity contribution < 1.29 is 23.8 Å². The predicted octanol–water partition coefficient (Wildman–Crippen LogP) is 3.13. The minimum absolute atomic E-state index is 0.0264. The highest BCUT2D eigenvalue weighted by Gasteiger charge is 2.43. The number of nitrogens with one attached hydrogen (secondary N) is 2. The number of carbonyl (C=O) groups is 1. The van der Waals surface area contributed by atoms with E-state index in [9.17, 15) is 9.90 Å². The number of oxazole rings is 1. The van der Waals surface area contributed by atoms with Crippen molar-refractivity contribution in [2.75, 3.05) is 30.5 Å². The van der Waals surface area contributed by atoms with Crippen LogP contribution in [0.2, 0.25) is 0 Å². The molecule has 12 heteroatoms. The monoisotopic (exact) mass is 512 g/mol.